The SMILES string of the molecule is CC(C)(c1ccc(OCCCS(=O)(=O)O)cc1)c1ccc(OCCCS(=O)(=O)O)cc1.[NaH].[NaH]. The fraction of sp³-hybridized carbons (Fsp3) is 0.429. The monoisotopic (exact) mass is 520 g/mol. The maximum atomic E-state index is 10.7. The second-order valence-electron chi connectivity index (χ2n) is 7.65. The third-order valence-corrected chi connectivity index (χ3v) is 6.39. The van der Waals surface area contributed by atoms with Gasteiger partial charge in [-0.05, 0) is 48.2 Å². The number of hydrogen-bond acceptors (Lipinski definition) is 6. The van der Waals surface area contributed by atoms with Crippen molar-refractivity contribution >= 4 is 79.4 Å². The van der Waals surface area contributed by atoms with Crippen LogP contribution in [-0.2, 0) is 25.7 Å². The van der Waals surface area contributed by atoms with Gasteiger partial charge in [-0.2, -0.15) is 16.8 Å². The number of benzene rings is 2. The Balaban J connectivity index is 0.00000512. The Kier molecular flexibility index (Phi) is 14.4. The Bertz CT molecular complexity index is 967. The molecule has 0 amide bonds. The summed E-state index contributed by atoms with van der Waals surface area (Å²) < 4.78 is 71.3. The molecule has 0 spiro atoms. The molecule has 0 bridgehead atoms. The first-order valence-electron chi connectivity index (χ1n) is 9.74. The fourth-order valence-electron chi connectivity index (χ4n) is 2.97. The van der Waals surface area contributed by atoms with Crippen LogP contribution in [0, 0.1) is 0 Å². The first kappa shape index (κ1) is 32.9. The zero-order valence-electron chi connectivity index (χ0n) is 17.5. The quantitative estimate of drug-likeness (QED) is 0.247. The van der Waals surface area contributed by atoms with E-state index in [0.29, 0.717) is 11.5 Å². The van der Waals surface area contributed by atoms with Gasteiger partial charge in [0.05, 0.1) is 24.7 Å². The fourth-order valence-corrected chi connectivity index (χ4v) is 3.93. The van der Waals surface area contributed by atoms with Crippen LogP contribution in [0.25, 0.3) is 0 Å². The molecule has 0 unspecified atom stereocenters. The predicted molar refractivity (Wildman–Crippen MR) is 132 cm³/mol. The van der Waals surface area contributed by atoms with Gasteiger partial charge in [0.15, 0.2) is 0 Å². The van der Waals surface area contributed by atoms with Crippen LogP contribution in [0.2, 0.25) is 0 Å². The van der Waals surface area contributed by atoms with Crippen LogP contribution >= 0.6 is 0 Å². The maximum absolute atomic E-state index is 10.7. The van der Waals surface area contributed by atoms with Crippen LogP contribution in [0.3, 0.4) is 0 Å². The molecule has 0 aromatic heterocycles. The van der Waals surface area contributed by atoms with E-state index in [-0.39, 0.29) is 102 Å². The van der Waals surface area contributed by atoms with Crippen molar-refractivity contribution in [1.29, 1.82) is 0 Å². The van der Waals surface area contributed by atoms with Gasteiger partial charge in [0, 0.05) is 5.41 Å². The van der Waals surface area contributed by atoms with Crippen LogP contribution in [0.4, 0.5) is 0 Å². The summed E-state index contributed by atoms with van der Waals surface area (Å²) in [7, 11) is -7.95. The molecular weight excluding hydrogens is 490 g/mol. The Morgan fingerprint density at radius 1 is 0.667 bits per heavy atom. The number of hydrogen-bond donors (Lipinski definition) is 2. The summed E-state index contributed by atoms with van der Waals surface area (Å²) in [4.78, 5) is 0. The van der Waals surface area contributed by atoms with Crippen LogP contribution in [0.1, 0.15) is 37.8 Å². The van der Waals surface area contributed by atoms with E-state index >= 15 is 0 Å². The predicted octanol–water partition coefficient (Wildman–Crippen LogP) is 2.03. The average molecular weight is 521 g/mol. The molecule has 0 atom stereocenters. The Morgan fingerprint density at radius 2 is 0.970 bits per heavy atom. The molecular formula is C21H30Na2O8S2. The van der Waals surface area contributed by atoms with Gasteiger partial charge in [-0.25, -0.2) is 0 Å². The summed E-state index contributed by atoms with van der Waals surface area (Å²) in [6, 6.07) is 15.0. The summed E-state index contributed by atoms with van der Waals surface area (Å²) >= 11 is 0. The Labute approximate surface area is 240 Å². The summed E-state index contributed by atoms with van der Waals surface area (Å²) in [5, 5.41) is 0. The normalized spacial score (nSPS) is 11.8. The van der Waals surface area contributed by atoms with Crippen molar-refractivity contribution in [1.82, 2.24) is 0 Å². The topological polar surface area (TPSA) is 127 Å². The van der Waals surface area contributed by atoms with Crippen LogP contribution in [0.15, 0.2) is 48.5 Å². The molecule has 0 saturated carbocycles. The summed E-state index contributed by atoms with van der Waals surface area (Å²) in [6.07, 6.45) is 0.409. The summed E-state index contributed by atoms with van der Waals surface area (Å²) in [5.74, 6) is 0.559. The molecule has 0 radical (unpaired) electrons. The third kappa shape index (κ3) is 12.4. The molecule has 33 heavy (non-hydrogen) atoms. The van der Waals surface area contributed by atoms with E-state index in [1.807, 2.05) is 48.5 Å². The molecule has 2 rings (SSSR count). The van der Waals surface area contributed by atoms with E-state index in [1.54, 1.807) is 0 Å². The average Bonchev–Trinajstić information content (AvgIpc) is 2.68. The van der Waals surface area contributed by atoms with Crippen molar-refractivity contribution in [2.24, 2.45) is 0 Å². The van der Waals surface area contributed by atoms with E-state index in [0.717, 1.165) is 11.1 Å². The molecule has 0 aliphatic rings. The molecule has 0 aliphatic carbocycles. The second kappa shape index (κ2) is 14.4. The summed E-state index contributed by atoms with van der Waals surface area (Å²) in [6.45, 7) is 4.54. The van der Waals surface area contributed by atoms with Gasteiger partial charge < -0.3 is 9.47 Å². The van der Waals surface area contributed by atoms with Crippen LogP contribution < -0.4 is 9.47 Å². The van der Waals surface area contributed by atoms with Crippen LogP contribution in [-0.4, -0.2) is 110 Å². The molecule has 176 valence electrons. The molecule has 0 saturated heterocycles. The molecule has 2 N–H and O–H groups in total. The molecule has 8 nitrogen and oxygen atoms in total. The van der Waals surface area contributed by atoms with Gasteiger partial charge >= 0.3 is 59.1 Å². The van der Waals surface area contributed by atoms with Gasteiger partial charge in [0.1, 0.15) is 11.5 Å². The van der Waals surface area contributed by atoms with Crippen molar-refractivity contribution in [2.45, 2.75) is 32.1 Å². The standard InChI is InChI=1S/C21H28O8S2.2Na.2H/c1-21(2,17-5-9-19(10-6-17)28-13-3-15-30(22,23)24)18-7-11-20(12-8-18)29-14-4-16-31(25,26)27;;;;/h5-12H,3-4,13-16H2,1-2H3,(H,22,23,24)(H,25,26,27);;;;. The number of rotatable bonds is 12. The number of ether oxygens (including phenoxy) is 2. The molecule has 0 fully saturated rings. The van der Waals surface area contributed by atoms with E-state index in [2.05, 4.69) is 13.8 Å². The van der Waals surface area contributed by atoms with Crippen molar-refractivity contribution in [3.05, 3.63) is 59.7 Å². The molecule has 2 aromatic carbocycles. The molecule has 12 heteroatoms. The van der Waals surface area contributed by atoms with E-state index in [1.165, 1.54) is 0 Å². The Hall–Kier alpha value is -0.140. The molecule has 0 heterocycles. The van der Waals surface area contributed by atoms with Crippen molar-refractivity contribution in [2.75, 3.05) is 24.7 Å². The zero-order chi connectivity index (χ0) is 23.1. The van der Waals surface area contributed by atoms with E-state index in [4.69, 9.17) is 18.6 Å². The van der Waals surface area contributed by atoms with E-state index in [9.17, 15) is 16.8 Å². The van der Waals surface area contributed by atoms with Crippen molar-refractivity contribution in [3.63, 3.8) is 0 Å². The van der Waals surface area contributed by atoms with Gasteiger partial charge in [-0.15, -0.1) is 0 Å². The first-order chi connectivity index (χ1) is 14.4. The summed E-state index contributed by atoms with van der Waals surface area (Å²) in [5.41, 5.74) is 1.81. The molecule has 2 aromatic rings. The van der Waals surface area contributed by atoms with Crippen molar-refractivity contribution in [3.8, 4) is 11.5 Å². The van der Waals surface area contributed by atoms with Gasteiger partial charge in [-0.1, -0.05) is 38.1 Å². The second-order valence-corrected chi connectivity index (χ2v) is 10.8. The Morgan fingerprint density at radius 3 is 1.24 bits per heavy atom. The van der Waals surface area contributed by atoms with Crippen LogP contribution in [0.5, 0.6) is 11.5 Å². The minimum absolute atomic E-state index is 0. The zero-order valence-corrected chi connectivity index (χ0v) is 19.2. The van der Waals surface area contributed by atoms with Gasteiger partial charge in [0.2, 0.25) is 0 Å². The third-order valence-electron chi connectivity index (χ3n) is 4.78. The first-order valence-corrected chi connectivity index (χ1v) is 13.0. The van der Waals surface area contributed by atoms with Gasteiger partial charge in [0.25, 0.3) is 20.2 Å². The molecule has 0 aliphatic heterocycles. The van der Waals surface area contributed by atoms with Crippen molar-refractivity contribution < 1.29 is 35.4 Å². The van der Waals surface area contributed by atoms with Gasteiger partial charge in [-0.3, -0.25) is 9.11 Å². The van der Waals surface area contributed by atoms with E-state index < -0.39 is 20.2 Å². The minimum atomic E-state index is -3.97.